The maximum Gasteiger partial charge on any atom is 0.328 e. The molecule has 2 amide bonds. The van der Waals surface area contributed by atoms with Gasteiger partial charge in [-0.15, -0.1) is 0 Å². The Hall–Kier alpha value is -6.12. The zero-order valence-electron chi connectivity index (χ0n) is 50.8. The van der Waals surface area contributed by atoms with Gasteiger partial charge in [0.15, 0.2) is 13.2 Å². The van der Waals surface area contributed by atoms with Crippen molar-refractivity contribution in [2.75, 3.05) is 52.9 Å². The maximum atomic E-state index is 14.2. The molecule has 2 atom stereocenters. The molecule has 4 aromatic rings. The Balaban J connectivity index is 1.64. The van der Waals surface area contributed by atoms with Crippen molar-refractivity contribution in [1.82, 2.24) is 10.6 Å². The lowest BCUT2D eigenvalue weighted by Crippen LogP contribution is -2.45. The zero-order valence-corrected chi connectivity index (χ0v) is 50.8. The topological polar surface area (TPSA) is 188 Å². The summed E-state index contributed by atoms with van der Waals surface area (Å²) in [6.07, 6.45) is 1.42. The number of esters is 2. The van der Waals surface area contributed by atoms with Crippen LogP contribution >= 0.6 is 0 Å². The lowest BCUT2D eigenvalue weighted by molar-refractivity contribution is -0.151. The molecule has 2 aliphatic rings. The molecule has 0 saturated heterocycles. The number of ether oxygens (including phenoxy) is 6. The van der Waals surface area contributed by atoms with Crippen molar-refractivity contribution >= 4 is 23.8 Å². The number of cyclic esters (lactones) is 2. The van der Waals surface area contributed by atoms with Gasteiger partial charge in [0.1, 0.15) is 48.3 Å². The van der Waals surface area contributed by atoms with Gasteiger partial charge in [0, 0.05) is 25.7 Å². The van der Waals surface area contributed by atoms with Crippen molar-refractivity contribution in [3.8, 4) is 23.0 Å². The number of carbonyl (C=O) groups excluding carboxylic acids is 4. The summed E-state index contributed by atoms with van der Waals surface area (Å²) >= 11 is 0. The summed E-state index contributed by atoms with van der Waals surface area (Å²) in [6.45, 7) is 33.0. The lowest BCUT2D eigenvalue weighted by Gasteiger charge is -2.28. The molecule has 0 unspecified atom stereocenters. The van der Waals surface area contributed by atoms with Crippen molar-refractivity contribution in [3.63, 3.8) is 0 Å². The number of carbonyl (C=O) groups is 4. The Bertz CT molecular complexity index is 2570. The molecule has 4 N–H and O–H groups in total. The fourth-order valence-electron chi connectivity index (χ4n) is 10.1. The third-order valence-corrected chi connectivity index (χ3v) is 14.7. The van der Waals surface area contributed by atoms with Crippen LogP contribution in [-0.4, -0.2) is 98.9 Å². The number of benzene rings is 4. The Morgan fingerprint density at radius 2 is 0.662 bits per heavy atom. The van der Waals surface area contributed by atoms with E-state index < -0.39 is 49.1 Å². The highest BCUT2D eigenvalue weighted by Gasteiger charge is 2.31. The van der Waals surface area contributed by atoms with Crippen LogP contribution in [0.25, 0.3) is 0 Å². The summed E-state index contributed by atoms with van der Waals surface area (Å²) < 4.78 is 36.1. The molecule has 0 spiro atoms. The summed E-state index contributed by atoms with van der Waals surface area (Å²) in [7, 11) is 0. The first kappa shape index (κ1) is 63.1. The maximum absolute atomic E-state index is 14.2. The minimum absolute atomic E-state index is 0.0303. The van der Waals surface area contributed by atoms with Gasteiger partial charge in [-0.2, -0.15) is 0 Å². The standard InChI is InChI=1S/C66H92N2O12/c1-39(2)23-53-61(73)77-21-19-75-17-18-76-20-22-78-62(74)54(24-40(3)4)68-56(70)38-80-60-47-27-43-31-49(63(5,6)7)29-41(57(43)71)25-45-33-51(65(11,12)13)34-46(59(45)79-37-55(69)67-53)26-42-30-50(64(8,9)10)32-44(58(42)72)28-48(60)36-52(35-47)66(14,15)16/h29-36,39-40,53-54,71-72H,17-28,37-38H2,1-16H3,(H,67,69)(H,68,70)/t53-,54-/m0/s1. The van der Waals surface area contributed by atoms with Gasteiger partial charge in [-0.05, 0) is 113 Å². The van der Waals surface area contributed by atoms with E-state index in [4.69, 9.17) is 28.4 Å². The minimum Gasteiger partial charge on any atom is -0.507 e. The fraction of sp³-hybridized carbons (Fsp3) is 0.576. The van der Waals surface area contributed by atoms with E-state index in [1.807, 2.05) is 52.0 Å². The number of nitrogens with one attached hydrogen (secondary N) is 2. The first-order chi connectivity index (χ1) is 37.3. The Morgan fingerprint density at radius 3 is 0.912 bits per heavy atom. The van der Waals surface area contributed by atoms with E-state index in [2.05, 4.69) is 118 Å². The smallest absolute Gasteiger partial charge is 0.328 e. The molecule has 1 heterocycles. The van der Waals surface area contributed by atoms with Gasteiger partial charge in [-0.3, -0.25) is 9.59 Å². The number of phenolic OH excluding ortho intramolecular Hbond substituents is 2. The van der Waals surface area contributed by atoms with Crippen LogP contribution < -0.4 is 20.1 Å². The largest absolute Gasteiger partial charge is 0.507 e. The second-order valence-corrected chi connectivity index (χ2v) is 26.9. The summed E-state index contributed by atoms with van der Waals surface area (Å²) in [4.78, 5) is 55.6. The first-order valence-electron chi connectivity index (χ1n) is 28.6. The molecule has 0 radical (unpaired) electrons. The zero-order chi connectivity index (χ0) is 59.1. The lowest BCUT2D eigenvalue weighted by atomic mass is 9.79. The van der Waals surface area contributed by atoms with Gasteiger partial charge in [-0.25, -0.2) is 9.59 Å². The average Bonchev–Trinajstić information content (AvgIpc) is 3.33. The number of amides is 2. The number of phenols is 2. The van der Waals surface area contributed by atoms with Gasteiger partial charge in [0.25, 0.3) is 11.8 Å². The molecular formula is C66H92N2O12. The van der Waals surface area contributed by atoms with E-state index in [9.17, 15) is 29.4 Å². The summed E-state index contributed by atoms with van der Waals surface area (Å²) in [6, 6.07) is 14.5. The Labute approximate surface area is 476 Å². The van der Waals surface area contributed by atoms with E-state index in [0.29, 0.717) is 46.6 Å². The SMILES string of the molecule is CC(C)C[C@@H]1NC(=O)COc2c3cc(C(C)(C)C)cc2Cc2cc(C(C)(C)C)cc(c2O)Cc2cc(C(C)(C)C)cc(c2OCC(=O)N[C@@H](CC(C)C)C(=O)OCCOCCOCCOC1=O)Cc1cc(C(C)(C)C)cc(c1O)C3. The molecule has 438 valence electrons. The monoisotopic (exact) mass is 1100 g/mol. The van der Waals surface area contributed by atoms with Crippen LogP contribution in [0.3, 0.4) is 0 Å². The third kappa shape index (κ3) is 17.2. The summed E-state index contributed by atoms with van der Waals surface area (Å²) in [5, 5.41) is 31.4. The molecule has 0 saturated carbocycles. The van der Waals surface area contributed by atoms with Crippen molar-refractivity contribution < 1.29 is 57.8 Å². The van der Waals surface area contributed by atoms with E-state index in [-0.39, 0.29) is 110 Å². The van der Waals surface area contributed by atoms with E-state index in [1.54, 1.807) is 0 Å². The molecule has 10 bridgehead atoms. The normalized spacial score (nSPS) is 18.4. The highest BCUT2D eigenvalue weighted by atomic mass is 16.6. The Morgan fingerprint density at radius 1 is 0.412 bits per heavy atom. The van der Waals surface area contributed by atoms with Crippen LogP contribution in [0.1, 0.15) is 190 Å². The minimum atomic E-state index is -0.966. The second kappa shape index (κ2) is 26.2. The molecule has 1 aliphatic heterocycles. The predicted octanol–water partition coefficient (Wildman–Crippen LogP) is 10.9. The quantitative estimate of drug-likeness (QED) is 0.125. The fourth-order valence-corrected chi connectivity index (χ4v) is 10.1. The highest BCUT2D eigenvalue weighted by molar-refractivity contribution is 5.86. The van der Waals surface area contributed by atoms with Crippen molar-refractivity contribution in [2.45, 2.75) is 183 Å². The van der Waals surface area contributed by atoms with E-state index in [0.717, 1.165) is 44.5 Å². The first-order valence-corrected chi connectivity index (χ1v) is 28.6. The number of fused-ring (bicyclic) bond motifs is 2. The molecule has 14 nitrogen and oxygen atoms in total. The van der Waals surface area contributed by atoms with E-state index >= 15 is 0 Å². The van der Waals surface area contributed by atoms with Crippen molar-refractivity contribution in [3.05, 3.63) is 115 Å². The summed E-state index contributed by atoms with van der Waals surface area (Å²) in [5.41, 5.74) is 7.88. The number of aromatic hydroxyl groups is 2. The molecular weight excluding hydrogens is 1010 g/mol. The van der Waals surface area contributed by atoms with Gasteiger partial charge in [-0.1, -0.05) is 159 Å². The molecule has 14 heteroatoms. The van der Waals surface area contributed by atoms with Gasteiger partial charge in [0.2, 0.25) is 0 Å². The molecule has 4 aromatic carbocycles. The highest BCUT2D eigenvalue weighted by Crippen LogP contribution is 2.44. The molecule has 80 heavy (non-hydrogen) atoms. The van der Waals surface area contributed by atoms with Crippen LogP contribution in [0.2, 0.25) is 0 Å². The van der Waals surface area contributed by atoms with Crippen LogP contribution in [0.15, 0.2) is 48.5 Å². The number of hydrogen-bond donors (Lipinski definition) is 4. The van der Waals surface area contributed by atoms with Crippen molar-refractivity contribution in [1.29, 1.82) is 0 Å². The number of rotatable bonds is 4. The van der Waals surface area contributed by atoms with Crippen LogP contribution in [0, 0.1) is 11.8 Å². The van der Waals surface area contributed by atoms with Crippen molar-refractivity contribution in [2.24, 2.45) is 11.8 Å². The second-order valence-electron chi connectivity index (χ2n) is 26.9. The van der Waals surface area contributed by atoms with Gasteiger partial charge < -0.3 is 49.3 Å². The van der Waals surface area contributed by atoms with Crippen LogP contribution in [-0.2, 0) is 85.5 Å². The number of hydrogen-bond acceptors (Lipinski definition) is 12. The average molecular weight is 1110 g/mol. The van der Waals surface area contributed by atoms with Gasteiger partial charge >= 0.3 is 11.9 Å². The van der Waals surface area contributed by atoms with Crippen LogP contribution in [0.5, 0.6) is 23.0 Å². The van der Waals surface area contributed by atoms with Crippen LogP contribution in [0.4, 0.5) is 0 Å². The van der Waals surface area contributed by atoms with E-state index in [1.165, 1.54) is 0 Å². The molecule has 6 rings (SSSR count). The molecule has 0 fully saturated rings. The Kier molecular flexibility index (Phi) is 20.7. The predicted molar refractivity (Wildman–Crippen MR) is 312 cm³/mol. The summed E-state index contributed by atoms with van der Waals surface area (Å²) in [5.74, 6) is -1.17. The molecule has 0 aromatic heterocycles. The molecule has 1 aliphatic carbocycles. The third-order valence-electron chi connectivity index (χ3n) is 14.7. The van der Waals surface area contributed by atoms with Gasteiger partial charge in [0.05, 0.1) is 26.4 Å².